The number of ether oxygens (including phenoxy) is 1. The molecule has 1 N–H and O–H groups in total. The molecule has 142 valence electrons. The largest absolute Gasteiger partial charge is 0.459 e. The summed E-state index contributed by atoms with van der Waals surface area (Å²) < 4.78 is 42.7. The molecule has 0 amide bonds. The van der Waals surface area contributed by atoms with E-state index in [1.54, 1.807) is 12.1 Å². The highest BCUT2D eigenvalue weighted by molar-refractivity contribution is 7.91. The molecule has 4 rings (SSSR count). The Morgan fingerprint density at radius 1 is 1.22 bits per heavy atom. The molecule has 27 heavy (non-hydrogen) atoms. The van der Waals surface area contributed by atoms with E-state index >= 15 is 0 Å². The summed E-state index contributed by atoms with van der Waals surface area (Å²) >= 11 is 5.87. The van der Waals surface area contributed by atoms with Gasteiger partial charge >= 0.3 is 0 Å². The van der Waals surface area contributed by atoms with Crippen LogP contribution < -0.4 is 5.32 Å². The van der Waals surface area contributed by atoms with Gasteiger partial charge in [-0.25, -0.2) is 8.42 Å². The first kappa shape index (κ1) is 18.1. The van der Waals surface area contributed by atoms with Crippen molar-refractivity contribution in [2.75, 3.05) is 18.5 Å². The summed E-state index contributed by atoms with van der Waals surface area (Å²) in [7, 11) is -3.91. The predicted molar refractivity (Wildman–Crippen MR) is 98.6 cm³/mol. The lowest BCUT2D eigenvalue weighted by Gasteiger charge is -2.10. The molecule has 3 heterocycles. The second-order valence-electron chi connectivity index (χ2n) is 6.10. The van der Waals surface area contributed by atoms with Gasteiger partial charge in [0.25, 0.3) is 5.89 Å². The number of hydrogen-bond acceptors (Lipinski definition) is 7. The predicted octanol–water partition coefficient (Wildman–Crippen LogP) is 4.01. The molecule has 0 aliphatic carbocycles. The van der Waals surface area contributed by atoms with Crippen molar-refractivity contribution < 1.29 is 22.0 Å². The lowest BCUT2D eigenvalue weighted by atomic mass is 10.2. The first-order valence-corrected chi connectivity index (χ1v) is 10.3. The molecular formula is C18H17ClN2O5S. The van der Waals surface area contributed by atoms with Crippen LogP contribution in [0.2, 0.25) is 5.02 Å². The summed E-state index contributed by atoms with van der Waals surface area (Å²) in [4.78, 5) is 4.26. The SMILES string of the molecule is O=S(=O)(c1ccc(Cl)cc1)c1nc(-c2ccco2)oc1NC[C@H]1CCCO1. The van der Waals surface area contributed by atoms with E-state index in [-0.39, 0.29) is 27.8 Å². The second kappa shape index (κ2) is 7.38. The first-order chi connectivity index (χ1) is 13.0. The quantitative estimate of drug-likeness (QED) is 0.658. The number of furan rings is 1. The van der Waals surface area contributed by atoms with Crippen LogP contribution in [0.1, 0.15) is 12.8 Å². The summed E-state index contributed by atoms with van der Waals surface area (Å²) in [5.74, 6) is 0.488. The van der Waals surface area contributed by atoms with Crippen molar-refractivity contribution in [2.45, 2.75) is 28.9 Å². The van der Waals surface area contributed by atoms with E-state index in [1.807, 2.05) is 0 Å². The Hall–Kier alpha value is -2.29. The Morgan fingerprint density at radius 2 is 2.04 bits per heavy atom. The Kier molecular flexibility index (Phi) is 4.94. The van der Waals surface area contributed by atoms with Crippen LogP contribution >= 0.6 is 11.6 Å². The van der Waals surface area contributed by atoms with E-state index in [4.69, 9.17) is 25.2 Å². The highest BCUT2D eigenvalue weighted by Gasteiger charge is 2.30. The van der Waals surface area contributed by atoms with Crippen LogP contribution in [0.4, 0.5) is 5.88 Å². The summed E-state index contributed by atoms with van der Waals surface area (Å²) in [5, 5.41) is 3.27. The maximum atomic E-state index is 13.1. The highest BCUT2D eigenvalue weighted by atomic mass is 35.5. The Morgan fingerprint density at radius 3 is 2.70 bits per heavy atom. The highest BCUT2D eigenvalue weighted by Crippen LogP contribution is 2.33. The molecule has 0 bridgehead atoms. The minimum Gasteiger partial charge on any atom is -0.459 e. The molecule has 0 radical (unpaired) electrons. The molecule has 7 nitrogen and oxygen atoms in total. The molecule has 1 aromatic carbocycles. The lowest BCUT2D eigenvalue weighted by molar-refractivity contribution is 0.120. The van der Waals surface area contributed by atoms with Crippen LogP contribution in [0.15, 0.2) is 61.4 Å². The molecule has 2 aromatic heterocycles. The fourth-order valence-electron chi connectivity index (χ4n) is 2.84. The molecule has 0 spiro atoms. The smallest absolute Gasteiger partial charge is 0.266 e. The maximum absolute atomic E-state index is 13.1. The van der Waals surface area contributed by atoms with E-state index in [9.17, 15) is 8.42 Å². The van der Waals surface area contributed by atoms with Crippen LogP contribution in [-0.4, -0.2) is 32.7 Å². The van der Waals surface area contributed by atoms with Gasteiger partial charge < -0.3 is 18.9 Å². The van der Waals surface area contributed by atoms with E-state index in [2.05, 4.69) is 10.3 Å². The number of benzene rings is 1. The zero-order valence-corrected chi connectivity index (χ0v) is 15.8. The molecule has 9 heteroatoms. The zero-order chi connectivity index (χ0) is 18.9. The number of nitrogens with zero attached hydrogens (tertiary/aromatic N) is 1. The van der Waals surface area contributed by atoms with Gasteiger partial charge in [0.05, 0.1) is 17.3 Å². The van der Waals surface area contributed by atoms with Crippen molar-refractivity contribution >= 4 is 27.3 Å². The van der Waals surface area contributed by atoms with E-state index in [0.717, 1.165) is 12.8 Å². The van der Waals surface area contributed by atoms with Gasteiger partial charge in [0.15, 0.2) is 5.76 Å². The molecular weight excluding hydrogens is 392 g/mol. The van der Waals surface area contributed by atoms with Crippen molar-refractivity contribution in [3.8, 4) is 11.7 Å². The normalized spacial score (nSPS) is 17.3. The second-order valence-corrected chi connectivity index (χ2v) is 8.41. The van der Waals surface area contributed by atoms with Crippen molar-refractivity contribution in [1.82, 2.24) is 4.98 Å². The van der Waals surface area contributed by atoms with Crippen molar-refractivity contribution in [2.24, 2.45) is 0 Å². The number of hydrogen-bond donors (Lipinski definition) is 1. The lowest BCUT2D eigenvalue weighted by Crippen LogP contribution is -2.19. The van der Waals surface area contributed by atoms with Crippen LogP contribution in [0.3, 0.4) is 0 Å². The Labute approximate surface area is 161 Å². The van der Waals surface area contributed by atoms with Gasteiger partial charge in [0.2, 0.25) is 20.7 Å². The number of halogens is 1. The van der Waals surface area contributed by atoms with Crippen molar-refractivity contribution in [3.63, 3.8) is 0 Å². The third kappa shape index (κ3) is 3.73. The number of sulfone groups is 1. The molecule has 0 saturated carbocycles. The maximum Gasteiger partial charge on any atom is 0.266 e. The summed E-state index contributed by atoms with van der Waals surface area (Å²) in [5.41, 5.74) is 0. The van der Waals surface area contributed by atoms with Gasteiger partial charge in [-0.3, -0.25) is 0 Å². The number of oxazole rings is 1. The first-order valence-electron chi connectivity index (χ1n) is 8.45. The minimum atomic E-state index is -3.91. The molecule has 1 fully saturated rings. The fourth-order valence-corrected chi connectivity index (χ4v) is 4.25. The Bertz CT molecular complexity index is 1010. The van der Waals surface area contributed by atoms with E-state index in [0.29, 0.717) is 23.9 Å². The van der Waals surface area contributed by atoms with Crippen LogP contribution in [-0.2, 0) is 14.6 Å². The van der Waals surface area contributed by atoms with E-state index < -0.39 is 9.84 Å². The number of rotatable bonds is 6. The fraction of sp³-hybridized carbons (Fsp3) is 0.278. The molecule has 1 aliphatic rings. The molecule has 3 aromatic rings. The standard InChI is InChI=1S/C18H17ClN2O5S/c19-12-5-7-14(8-6-12)27(22,23)18-17(20-11-13-3-1-9-24-13)26-16(21-18)15-4-2-10-25-15/h2,4-8,10,13,20H,1,3,9,11H2/t13-/m1/s1. The van der Waals surface area contributed by atoms with Gasteiger partial charge in [-0.1, -0.05) is 11.6 Å². The molecule has 1 saturated heterocycles. The number of aromatic nitrogens is 1. The van der Waals surface area contributed by atoms with Gasteiger partial charge in [0, 0.05) is 18.2 Å². The third-order valence-corrected chi connectivity index (χ3v) is 6.15. The average Bonchev–Trinajstić information content (AvgIpc) is 3.40. The third-order valence-electron chi connectivity index (χ3n) is 4.22. The minimum absolute atomic E-state index is 0.00764. The van der Waals surface area contributed by atoms with Crippen LogP contribution in [0.5, 0.6) is 0 Å². The summed E-state index contributed by atoms with van der Waals surface area (Å²) in [6, 6.07) is 9.22. The van der Waals surface area contributed by atoms with Crippen molar-refractivity contribution in [3.05, 3.63) is 47.7 Å². The monoisotopic (exact) mass is 408 g/mol. The van der Waals surface area contributed by atoms with Gasteiger partial charge in [-0.2, -0.15) is 4.98 Å². The average molecular weight is 409 g/mol. The number of anilines is 1. The Balaban J connectivity index is 1.71. The summed E-state index contributed by atoms with van der Waals surface area (Å²) in [6.45, 7) is 1.13. The van der Waals surface area contributed by atoms with Gasteiger partial charge in [0.1, 0.15) is 0 Å². The van der Waals surface area contributed by atoms with Crippen LogP contribution in [0.25, 0.3) is 11.7 Å². The molecule has 1 atom stereocenters. The topological polar surface area (TPSA) is 94.6 Å². The molecule has 1 aliphatic heterocycles. The van der Waals surface area contributed by atoms with E-state index in [1.165, 1.54) is 30.5 Å². The zero-order valence-electron chi connectivity index (χ0n) is 14.2. The summed E-state index contributed by atoms with van der Waals surface area (Å²) in [6.07, 6.45) is 3.36. The molecule has 0 unspecified atom stereocenters. The van der Waals surface area contributed by atoms with Crippen LogP contribution in [0, 0.1) is 0 Å². The van der Waals surface area contributed by atoms with Gasteiger partial charge in [-0.05, 0) is 49.2 Å². The van der Waals surface area contributed by atoms with Crippen molar-refractivity contribution in [1.29, 1.82) is 0 Å². The number of nitrogens with one attached hydrogen (secondary N) is 1. The van der Waals surface area contributed by atoms with Gasteiger partial charge in [-0.15, -0.1) is 0 Å².